The van der Waals surface area contributed by atoms with E-state index in [9.17, 15) is 13.2 Å². The summed E-state index contributed by atoms with van der Waals surface area (Å²) in [6.07, 6.45) is -3.36. The molecule has 0 heterocycles. The van der Waals surface area contributed by atoms with Crippen LogP contribution < -0.4 is 5.32 Å². The summed E-state index contributed by atoms with van der Waals surface area (Å²) in [5.41, 5.74) is -0.349. The van der Waals surface area contributed by atoms with E-state index in [4.69, 9.17) is 4.74 Å². The van der Waals surface area contributed by atoms with Gasteiger partial charge in [0.05, 0.1) is 17.2 Å². The van der Waals surface area contributed by atoms with Crippen LogP contribution in [0.25, 0.3) is 0 Å². The fourth-order valence-corrected chi connectivity index (χ4v) is 2.04. The van der Waals surface area contributed by atoms with Gasteiger partial charge in [-0.1, -0.05) is 19.1 Å². The maximum atomic E-state index is 12.6. The molecule has 0 aliphatic carbocycles. The van der Waals surface area contributed by atoms with Gasteiger partial charge >= 0.3 is 6.18 Å². The molecule has 0 spiro atoms. The van der Waals surface area contributed by atoms with Crippen LogP contribution >= 0.6 is 0 Å². The largest absolute Gasteiger partial charge is 0.416 e. The van der Waals surface area contributed by atoms with E-state index < -0.39 is 17.3 Å². The Morgan fingerprint density at radius 1 is 1.15 bits per heavy atom. The van der Waals surface area contributed by atoms with Gasteiger partial charge in [0.15, 0.2) is 0 Å². The third-order valence-corrected chi connectivity index (χ3v) is 3.39. The zero-order valence-electron chi connectivity index (χ0n) is 12.3. The zero-order chi connectivity index (χ0) is 15.4. The van der Waals surface area contributed by atoms with Crippen LogP contribution in [0.5, 0.6) is 0 Å². The van der Waals surface area contributed by atoms with Crippen LogP contribution in [-0.2, 0) is 10.9 Å². The van der Waals surface area contributed by atoms with Crippen molar-refractivity contribution in [2.24, 2.45) is 0 Å². The van der Waals surface area contributed by atoms with Gasteiger partial charge < -0.3 is 10.1 Å². The Morgan fingerprint density at radius 2 is 1.70 bits per heavy atom. The van der Waals surface area contributed by atoms with E-state index in [0.717, 1.165) is 30.7 Å². The average Bonchev–Trinajstić information content (AvgIpc) is 2.38. The second-order valence-corrected chi connectivity index (χ2v) is 5.31. The van der Waals surface area contributed by atoms with Crippen molar-refractivity contribution in [3.05, 3.63) is 35.4 Å². The van der Waals surface area contributed by atoms with Gasteiger partial charge in [-0.05, 0) is 44.5 Å². The van der Waals surface area contributed by atoms with Crippen molar-refractivity contribution < 1.29 is 17.9 Å². The fourth-order valence-electron chi connectivity index (χ4n) is 2.04. The molecular weight excluding hydrogens is 267 g/mol. The molecule has 1 aromatic rings. The Balaban J connectivity index is 3.02. The van der Waals surface area contributed by atoms with Crippen molar-refractivity contribution in [2.45, 2.75) is 45.0 Å². The molecule has 0 saturated carbocycles. The molecule has 1 aromatic carbocycles. The maximum absolute atomic E-state index is 12.6. The molecule has 1 N–H and O–H groups in total. The number of nitrogens with one attached hydrogen (secondary N) is 1. The highest BCUT2D eigenvalue weighted by Gasteiger charge is 2.33. The summed E-state index contributed by atoms with van der Waals surface area (Å²) in [4.78, 5) is 0. The topological polar surface area (TPSA) is 21.3 Å². The predicted octanol–water partition coefficient (Wildman–Crippen LogP) is 4.17. The fraction of sp³-hybridized carbons (Fsp3) is 0.600. The normalized spacial score (nSPS) is 14.3. The van der Waals surface area contributed by atoms with Crippen molar-refractivity contribution in [1.29, 1.82) is 0 Å². The number of ether oxygens (including phenoxy) is 1. The summed E-state index contributed by atoms with van der Waals surface area (Å²) < 4.78 is 43.2. The molecule has 1 rings (SSSR count). The van der Waals surface area contributed by atoms with Gasteiger partial charge in [0.2, 0.25) is 0 Å². The number of hydrogen-bond donors (Lipinski definition) is 1. The van der Waals surface area contributed by atoms with Gasteiger partial charge in [-0.25, -0.2) is 0 Å². The van der Waals surface area contributed by atoms with Crippen molar-refractivity contribution in [3.63, 3.8) is 0 Å². The molecular formula is C15H22F3NO. The molecule has 0 bridgehead atoms. The van der Waals surface area contributed by atoms with Crippen LogP contribution in [0, 0.1) is 0 Å². The minimum atomic E-state index is -4.30. The van der Waals surface area contributed by atoms with Crippen LogP contribution in [0.15, 0.2) is 24.3 Å². The van der Waals surface area contributed by atoms with Gasteiger partial charge in [0, 0.05) is 7.11 Å². The van der Waals surface area contributed by atoms with Crippen LogP contribution in [0.2, 0.25) is 0 Å². The Morgan fingerprint density at radius 3 is 2.10 bits per heavy atom. The Bertz CT molecular complexity index is 412. The molecule has 20 heavy (non-hydrogen) atoms. The number of rotatable bonds is 6. The first-order chi connectivity index (χ1) is 9.22. The van der Waals surface area contributed by atoms with Crippen molar-refractivity contribution in [3.8, 4) is 0 Å². The SMILES string of the molecule is CCCNC(c1ccc(C(F)(F)F)cc1)C(C)(C)OC. The van der Waals surface area contributed by atoms with Crippen molar-refractivity contribution in [2.75, 3.05) is 13.7 Å². The van der Waals surface area contributed by atoms with E-state index in [-0.39, 0.29) is 6.04 Å². The van der Waals surface area contributed by atoms with Gasteiger partial charge in [0.1, 0.15) is 0 Å². The Labute approximate surface area is 118 Å². The second-order valence-electron chi connectivity index (χ2n) is 5.31. The first kappa shape index (κ1) is 17.0. The third-order valence-electron chi connectivity index (χ3n) is 3.39. The number of benzene rings is 1. The lowest BCUT2D eigenvalue weighted by Gasteiger charge is -2.34. The first-order valence-corrected chi connectivity index (χ1v) is 6.68. The van der Waals surface area contributed by atoms with Crippen LogP contribution in [-0.4, -0.2) is 19.3 Å². The molecule has 2 nitrogen and oxygen atoms in total. The van der Waals surface area contributed by atoms with E-state index in [1.54, 1.807) is 7.11 Å². The summed E-state index contributed by atoms with van der Waals surface area (Å²) in [5.74, 6) is 0. The van der Waals surface area contributed by atoms with E-state index in [1.807, 2.05) is 20.8 Å². The van der Waals surface area contributed by atoms with E-state index in [0.29, 0.717) is 0 Å². The Kier molecular flexibility index (Phi) is 5.59. The molecule has 1 atom stereocenters. The minimum Gasteiger partial charge on any atom is -0.377 e. The molecule has 5 heteroatoms. The van der Waals surface area contributed by atoms with Gasteiger partial charge in [0.25, 0.3) is 0 Å². The van der Waals surface area contributed by atoms with Crippen LogP contribution in [0.1, 0.15) is 44.4 Å². The molecule has 0 saturated heterocycles. The number of methoxy groups -OCH3 is 1. The molecule has 0 aliphatic rings. The molecule has 0 aromatic heterocycles. The lowest BCUT2D eigenvalue weighted by Crippen LogP contribution is -2.41. The highest BCUT2D eigenvalue weighted by Crippen LogP contribution is 2.32. The lowest BCUT2D eigenvalue weighted by molar-refractivity contribution is -0.137. The van der Waals surface area contributed by atoms with Gasteiger partial charge in [-0.3, -0.25) is 0 Å². The third kappa shape index (κ3) is 4.21. The quantitative estimate of drug-likeness (QED) is 0.848. The maximum Gasteiger partial charge on any atom is 0.416 e. The van der Waals surface area contributed by atoms with Gasteiger partial charge in [-0.15, -0.1) is 0 Å². The molecule has 1 unspecified atom stereocenters. The van der Waals surface area contributed by atoms with Crippen LogP contribution in [0.3, 0.4) is 0 Å². The molecule has 0 aliphatic heterocycles. The molecule has 114 valence electrons. The monoisotopic (exact) mass is 289 g/mol. The van der Waals surface area contributed by atoms with E-state index >= 15 is 0 Å². The van der Waals surface area contributed by atoms with E-state index in [2.05, 4.69) is 5.32 Å². The van der Waals surface area contributed by atoms with Crippen molar-refractivity contribution in [1.82, 2.24) is 5.32 Å². The highest BCUT2D eigenvalue weighted by molar-refractivity contribution is 5.28. The lowest BCUT2D eigenvalue weighted by atomic mass is 9.91. The summed E-state index contributed by atoms with van der Waals surface area (Å²) in [5, 5.41) is 3.33. The standard InChI is InChI=1S/C15H22F3NO/c1-5-10-19-13(14(2,3)20-4)11-6-8-12(9-7-11)15(16,17)18/h6-9,13,19H,5,10H2,1-4H3. The number of alkyl halides is 3. The number of hydrogen-bond acceptors (Lipinski definition) is 2. The summed E-state index contributed by atoms with van der Waals surface area (Å²) in [6, 6.07) is 5.09. The Hall–Kier alpha value is -1.07. The summed E-state index contributed by atoms with van der Waals surface area (Å²) >= 11 is 0. The smallest absolute Gasteiger partial charge is 0.377 e. The van der Waals surface area contributed by atoms with Crippen LogP contribution in [0.4, 0.5) is 13.2 Å². The highest BCUT2D eigenvalue weighted by atomic mass is 19.4. The molecule has 0 radical (unpaired) electrons. The zero-order valence-corrected chi connectivity index (χ0v) is 12.3. The second kappa shape index (κ2) is 6.59. The number of halogens is 3. The predicted molar refractivity (Wildman–Crippen MR) is 73.6 cm³/mol. The first-order valence-electron chi connectivity index (χ1n) is 6.68. The van der Waals surface area contributed by atoms with Gasteiger partial charge in [-0.2, -0.15) is 13.2 Å². The molecule has 0 amide bonds. The summed E-state index contributed by atoms with van der Waals surface area (Å²) in [6.45, 7) is 6.64. The molecule has 0 fully saturated rings. The van der Waals surface area contributed by atoms with Crippen molar-refractivity contribution >= 4 is 0 Å². The average molecular weight is 289 g/mol. The minimum absolute atomic E-state index is 0.158. The summed E-state index contributed by atoms with van der Waals surface area (Å²) in [7, 11) is 1.60. The van der Waals surface area contributed by atoms with E-state index in [1.165, 1.54) is 12.1 Å².